The van der Waals surface area contributed by atoms with E-state index in [0.29, 0.717) is 5.92 Å². The van der Waals surface area contributed by atoms with Gasteiger partial charge in [0.2, 0.25) is 0 Å². The lowest BCUT2D eigenvalue weighted by atomic mass is 9.92. The number of carbonyl (C=O) groups is 1. The van der Waals surface area contributed by atoms with Crippen molar-refractivity contribution in [3.05, 3.63) is 35.9 Å². The SMILES string of the molecule is O=C(O)CN1CCCC(c2ccccc2)CC1. The van der Waals surface area contributed by atoms with Crippen LogP contribution in [0.25, 0.3) is 0 Å². The van der Waals surface area contributed by atoms with Crippen molar-refractivity contribution >= 4 is 5.97 Å². The van der Waals surface area contributed by atoms with E-state index in [0.717, 1.165) is 25.9 Å². The van der Waals surface area contributed by atoms with E-state index in [1.54, 1.807) is 0 Å². The molecule has 17 heavy (non-hydrogen) atoms. The van der Waals surface area contributed by atoms with Crippen molar-refractivity contribution in [2.45, 2.75) is 25.2 Å². The second-order valence-corrected chi connectivity index (χ2v) is 4.71. The molecule has 1 aliphatic heterocycles. The molecule has 3 nitrogen and oxygen atoms in total. The zero-order valence-corrected chi connectivity index (χ0v) is 10.0. The van der Waals surface area contributed by atoms with E-state index in [4.69, 9.17) is 5.11 Å². The van der Waals surface area contributed by atoms with Gasteiger partial charge in [-0.2, -0.15) is 0 Å². The summed E-state index contributed by atoms with van der Waals surface area (Å²) >= 11 is 0. The second-order valence-electron chi connectivity index (χ2n) is 4.71. The van der Waals surface area contributed by atoms with Gasteiger partial charge in [0.05, 0.1) is 6.54 Å². The van der Waals surface area contributed by atoms with E-state index in [-0.39, 0.29) is 6.54 Å². The Balaban J connectivity index is 1.94. The topological polar surface area (TPSA) is 40.5 Å². The van der Waals surface area contributed by atoms with Crippen molar-refractivity contribution in [3.63, 3.8) is 0 Å². The molecule has 1 heterocycles. The number of hydrogen-bond donors (Lipinski definition) is 1. The molecule has 1 aromatic rings. The second kappa shape index (κ2) is 5.82. The van der Waals surface area contributed by atoms with Crippen LogP contribution in [0.4, 0.5) is 0 Å². The van der Waals surface area contributed by atoms with Crippen LogP contribution >= 0.6 is 0 Å². The number of hydrogen-bond acceptors (Lipinski definition) is 2. The van der Waals surface area contributed by atoms with Gasteiger partial charge in [0, 0.05) is 0 Å². The van der Waals surface area contributed by atoms with Crippen LogP contribution in [0.15, 0.2) is 30.3 Å². The monoisotopic (exact) mass is 233 g/mol. The van der Waals surface area contributed by atoms with Crippen LogP contribution in [0.2, 0.25) is 0 Å². The highest BCUT2D eigenvalue weighted by Gasteiger charge is 2.19. The molecule has 0 radical (unpaired) electrons. The van der Waals surface area contributed by atoms with Crippen molar-refractivity contribution in [3.8, 4) is 0 Å². The highest BCUT2D eigenvalue weighted by Crippen LogP contribution is 2.27. The third-order valence-corrected chi connectivity index (χ3v) is 3.45. The molecule has 92 valence electrons. The zero-order chi connectivity index (χ0) is 12.1. The maximum Gasteiger partial charge on any atom is 0.317 e. The first kappa shape index (κ1) is 12.1. The molecule has 0 bridgehead atoms. The number of nitrogens with zero attached hydrogens (tertiary/aromatic N) is 1. The third-order valence-electron chi connectivity index (χ3n) is 3.45. The van der Waals surface area contributed by atoms with Crippen LogP contribution < -0.4 is 0 Å². The molecule has 2 rings (SSSR count). The van der Waals surface area contributed by atoms with E-state index >= 15 is 0 Å². The van der Waals surface area contributed by atoms with Crippen molar-refractivity contribution in [2.75, 3.05) is 19.6 Å². The first-order valence-electron chi connectivity index (χ1n) is 6.25. The van der Waals surface area contributed by atoms with E-state index in [2.05, 4.69) is 24.3 Å². The molecule has 1 unspecified atom stereocenters. The average Bonchev–Trinajstić information content (AvgIpc) is 2.55. The van der Waals surface area contributed by atoms with E-state index in [1.807, 2.05) is 11.0 Å². The van der Waals surface area contributed by atoms with Crippen molar-refractivity contribution < 1.29 is 9.90 Å². The van der Waals surface area contributed by atoms with Gasteiger partial charge in [-0.05, 0) is 43.8 Å². The summed E-state index contributed by atoms with van der Waals surface area (Å²) in [5, 5.41) is 8.80. The fourth-order valence-corrected chi connectivity index (χ4v) is 2.56. The quantitative estimate of drug-likeness (QED) is 0.871. The maximum atomic E-state index is 10.7. The number of carboxylic acid groups (broad SMARTS) is 1. The number of rotatable bonds is 3. The summed E-state index contributed by atoms with van der Waals surface area (Å²) in [7, 11) is 0. The summed E-state index contributed by atoms with van der Waals surface area (Å²) in [4.78, 5) is 12.7. The minimum atomic E-state index is -0.719. The third kappa shape index (κ3) is 3.56. The molecule has 0 spiro atoms. The number of benzene rings is 1. The average molecular weight is 233 g/mol. The minimum absolute atomic E-state index is 0.182. The Kier molecular flexibility index (Phi) is 4.15. The molecule has 0 aromatic heterocycles. The summed E-state index contributed by atoms with van der Waals surface area (Å²) < 4.78 is 0. The Hall–Kier alpha value is -1.35. The minimum Gasteiger partial charge on any atom is -0.480 e. The molecule has 1 saturated heterocycles. The molecule has 1 fully saturated rings. The van der Waals surface area contributed by atoms with E-state index in [1.165, 1.54) is 12.0 Å². The summed E-state index contributed by atoms with van der Waals surface area (Å²) in [5.74, 6) is -0.127. The molecule has 0 amide bonds. The van der Waals surface area contributed by atoms with Crippen molar-refractivity contribution in [1.82, 2.24) is 4.90 Å². The Morgan fingerprint density at radius 3 is 2.71 bits per heavy atom. The van der Waals surface area contributed by atoms with Gasteiger partial charge in [-0.1, -0.05) is 30.3 Å². The Labute approximate surface area is 102 Å². The van der Waals surface area contributed by atoms with Gasteiger partial charge in [0.15, 0.2) is 0 Å². The molecule has 3 heteroatoms. The number of aliphatic carboxylic acids is 1. The maximum absolute atomic E-state index is 10.7. The highest BCUT2D eigenvalue weighted by molar-refractivity contribution is 5.69. The summed E-state index contributed by atoms with van der Waals surface area (Å²) in [6.45, 7) is 1.99. The van der Waals surface area contributed by atoms with Gasteiger partial charge in [-0.25, -0.2) is 0 Å². The lowest BCUT2D eigenvalue weighted by molar-refractivity contribution is -0.138. The first-order chi connectivity index (χ1) is 8.25. The smallest absolute Gasteiger partial charge is 0.317 e. The molecular weight excluding hydrogens is 214 g/mol. The van der Waals surface area contributed by atoms with Crippen LogP contribution in [0.3, 0.4) is 0 Å². The Morgan fingerprint density at radius 2 is 2.00 bits per heavy atom. The van der Waals surface area contributed by atoms with Crippen LogP contribution in [0, 0.1) is 0 Å². The van der Waals surface area contributed by atoms with Gasteiger partial charge < -0.3 is 5.11 Å². The summed E-state index contributed by atoms with van der Waals surface area (Å²) in [6.07, 6.45) is 3.32. The normalized spacial score (nSPS) is 22.0. The van der Waals surface area contributed by atoms with Crippen LogP contribution in [-0.2, 0) is 4.79 Å². The standard InChI is InChI=1S/C14H19NO2/c16-14(17)11-15-9-4-7-13(8-10-15)12-5-2-1-3-6-12/h1-3,5-6,13H,4,7-11H2,(H,16,17). The summed E-state index contributed by atoms with van der Waals surface area (Å²) in [5.41, 5.74) is 1.39. The van der Waals surface area contributed by atoms with Gasteiger partial charge in [-0.3, -0.25) is 9.69 Å². The lowest BCUT2D eigenvalue weighted by Gasteiger charge is -2.17. The van der Waals surface area contributed by atoms with Crippen LogP contribution in [-0.4, -0.2) is 35.6 Å². The summed E-state index contributed by atoms with van der Waals surface area (Å²) in [6, 6.07) is 10.6. The first-order valence-corrected chi connectivity index (χ1v) is 6.25. The fourth-order valence-electron chi connectivity index (χ4n) is 2.56. The largest absolute Gasteiger partial charge is 0.480 e. The van der Waals surface area contributed by atoms with E-state index < -0.39 is 5.97 Å². The van der Waals surface area contributed by atoms with Gasteiger partial charge in [0.25, 0.3) is 0 Å². The van der Waals surface area contributed by atoms with Crippen LogP contribution in [0.5, 0.6) is 0 Å². The van der Waals surface area contributed by atoms with Gasteiger partial charge in [-0.15, -0.1) is 0 Å². The molecule has 0 saturated carbocycles. The lowest BCUT2D eigenvalue weighted by Crippen LogP contribution is -2.30. The van der Waals surface area contributed by atoms with Gasteiger partial charge >= 0.3 is 5.97 Å². The van der Waals surface area contributed by atoms with E-state index in [9.17, 15) is 4.79 Å². The van der Waals surface area contributed by atoms with Crippen molar-refractivity contribution in [2.24, 2.45) is 0 Å². The zero-order valence-electron chi connectivity index (χ0n) is 10.0. The molecule has 0 aliphatic carbocycles. The Morgan fingerprint density at radius 1 is 1.24 bits per heavy atom. The molecule has 1 aliphatic rings. The van der Waals surface area contributed by atoms with Crippen LogP contribution in [0.1, 0.15) is 30.7 Å². The molecule has 1 N–H and O–H groups in total. The molecule has 1 aromatic carbocycles. The Bertz CT molecular complexity index is 364. The fraction of sp³-hybridized carbons (Fsp3) is 0.500. The van der Waals surface area contributed by atoms with Gasteiger partial charge in [0.1, 0.15) is 0 Å². The van der Waals surface area contributed by atoms with Crippen molar-refractivity contribution in [1.29, 1.82) is 0 Å². The number of carboxylic acids is 1. The molecular formula is C14H19NO2. The molecule has 1 atom stereocenters. The highest BCUT2D eigenvalue weighted by atomic mass is 16.4. The predicted octanol–water partition coefficient (Wildman–Crippen LogP) is 2.34. The predicted molar refractivity (Wildman–Crippen MR) is 67.1 cm³/mol. The number of likely N-dealkylation sites (tertiary alicyclic amines) is 1.